The van der Waals surface area contributed by atoms with E-state index in [1.807, 2.05) is 28.6 Å². The van der Waals surface area contributed by atoms with Crippen LogP contribution in [0.25, 0.3) is 22.5 Å². The van der Waals surface area contributed by atoms with E-state index >= 15 is 0 Å². The van der Waals surface area contributed by atoms with Crippen LogP contribution < -0.4 is 9.64 Å². The van der Waals surface area contributed by atoms with E-state index in [0.717, 1.165) is 58.7 Å². The molecule has 4 aromatic rings. The Bertz CT molecular complexity index is 1410. The van der Waals surface area contributed by atoms with Crippen molar-refractivity contribution in [1.82, 2.24) is 18.7 Å². The summed E-state index contributed by atoms with van der Waals surface area (Å²) in [6.45, 7) is 3.64. The Morgan fingerprint density at radius 1 is 1.14 bits per heavy atom. The first-order valence-corrected chi connectivity index (χ1v) is 14.0. The Labute approximate surface area is 212 Å². The van der Waals surface area contributed by atoms with Crippen molar-refractivity contribution >= 4 is 44.5 Å². The molecule has 35 heavy (non-hydrogen) atoms. The van der Waals surface area contributed by atoms with Crippen molar-refractivity contribution < 1.29 is 8.95 Å². The molecule has 0 saturated heterocycles. The summed E-state index contributed by atoms with van der Waals surface area (Å²) in [5, 5.41) is 3.00. The van der Waals surface area contributed by atoms with E-state index in [1.54, 1.807) is 24.7 Å². The van der Waals surface area contributed by atoms with Crippen LogP contribution in [0.4, 0.5) is 10.9 Å². The van der Waals surface area contributed by atoms with Gasteiger partial charge < -0.3 is 9.64 Å². The van der Waals surface area contributed by atoms with Crippen molar-refractivity contribution in [2.75, 3.05) is 38.4 Å². The van der Waals surface area contributed by atoms with E-state index in [-0.39, 0.29) is 0 Å². The zero-order valence-electron chi connectivity index (χ0n) is 20.4. The second kappa shape index (κ2) is 9.93. The molecular formula is C26H29N5O2S2. The van der Waals surface area contributed by atoms with Crippen molar-refractivity contribution in [2.45, 2.75) is 19.8 Å². The van der Waals surface area contributed by atoms with Crippen LogP contribution in [-0.4, -0.2) is 56.4 Å². The molecule has 0 aliphatic carbocycles. The number of aromatic nitrogens is 3. The van der Waals surface area contributed by atoms with E-state index in [1.165, 1.54) is 11.1 Å². The van der Waals surface area contributed by atoms with E-state index < -0.39 is 11.0 Å². The molecular weight excluding hydrogens is 478 g/mol. The summed E-state index contributed by atoms with van der Waals surface area (Å²) < 4.78 is 21.2. The maximum Gasteiger partial charge on any atom is 0.191 e. The third-order valence-electron chi connectivity index (χ3n) is 6.39. The molecule has 9 heteroatoms. The van der Waals surface area contributed by atoms with E-state index in [9.17, 15) is 4.21 Å². The monoisotopic (exact) mass is 507 g/mol. The molecule has 0 spiro atoms. The molecule has 3 aromatic heterocycles. The SMILES string of the molecule is CCc1nc2ccc(C3=CCN(S(C)=O)CC3)cn2c1N(C)c1nc(-c2ccc(OC)cc2)cs1. The lowest BCUT2D eigenvalue weighted by atomic mass is 10.0. The van der Waals surface area contributed by atoms with Crippen LogP contribution in [0.5, 0.6) is 5.75 Å². The smallest absolute Gasteiger partial charge is 0.191 e. The average Bonchev–Trinajstić information content (AvgIpc) is 3.53. The molecule has 5 rings (SSSR count). The Morgan fingerprint density at radius 3 is 2.57 bits per heavy atom. The first kappa shape index (κ1) is 23.7. The fraction of sp³-hybridized carbons (Fsp3) is 0.308. The van der Waals surface area contributed by atoms with Gasteiger partial charge in [-0.2, -0.15) is 0 Å². The van der Waals surface area contributed by atoms with Gasteiger partial charge in [0, 0.05) is 43.5 Å². The highest BCUT2D eigenvalue weighted by atomic mass is 32.2. The van der Waals surface area contributed by atoms with Crippen molar-refractivity contribution in [1.29, 1.82) is 0 Å². The van der Waals surface area contributed by atoms with Crippen molar-refractivity contribution in [3.63, 3.8) is 0 Å². The zero-order chi connectivity index (χ0) is 24.5. The number of ether oxygens (including phenoxy) is 1. The van der Waals surface area contributed by atoms with Crippen LogP contribution in [0.15, 0.2) is 54.1 Å². The van der Waals surface area contributed by atoms with Crippen LogP contribution in [0.3, 0.4) is 0 Å². The topological polar surface area (TPSA) is 63.0 Å². The number of benzene rings is 1. The Hall–Kier alpha value is -3.01. The zero-order valence-corrected chi connectivity index (χ0v) is 22.0. The number of imidazole rings is 1. The van der Waals surface area contributed by atoms with Crippen LogP contribution in [0.2, 0.25) is 0 Å². The number of methoxy groups -OCH3 is 1. The summed E-state index contributed by atoms with van der Waals surface area (Å²) in [5.74, 6) is 1.87. The summed E-state index contributed by atoms with van der Waals surface area (Å²) in [7, 11) is 2.79. The van der Waals surface area contributed by atoms with E-state index in [4.69, 9.17) is 14.7 Å². The van der Waals surface area contributed by atoms with Crippen LogP contribution in [0, 0.1) is 0 Å². The highest BCUT2D eigenvalue weighted by molar-refractivity contribution is 7.81. The lowest BCUT2D eigenvalue weighted by Gasteiger charge is -2.24. The molecule has 182 valence electrons. The van der Waals surface area contributed by atoms with Gasteiger partial charge in [0.1, 0.15) is 17.2 Å². The Balaban J connectivity index is 1.49. The first-order valence-electron chi connectivity index (χ1n) is 11.6. The summed E-state index contributed by atoms with van der Waals surface area (Å²) in [5.41, 5.74) is 6.42. The van der Waals surface area contributed by atoms with Gasteiger partial charge in [0.05, 0.1) is 29.5 Å². The van der Waals surface area contributed by atoms with Crippen LogP contribution >= 0.6 is 11.3 Å². The molecule has 1 aliphatic rings. The largest absolute Gasteiger partial charge is 0.497 e. The van der Waals surface area contributed by atoms with Gasteiger partial charge in [0.25, 0.3) is 0 Å². The molecule has 0 radical (unpaired) electrons. The van der Waals surface area contributed by atoms with E-state index in [2.05, 4.69) is 53.1 Å². The van der Waals surface area contributed by atoms with Crippen LogP contribution in [-0.2, 0) is 17.4 Å². The average molecular weight is 508 g/mol. The highest BCUT2D eigenvalue weighted by Gasteiger charge is 2.21. The fourth-order valence-corrected chi connectivity index (χ4v) is 5.85. The van der Waals surface area contributed by atoms with Gasteiger partial charge in [-0.05, 0) is 60.4 Å². The third kappa shape index (κ3) is 4.63. The molecule has 0 amide bonds. The van der Waals surface area contributed by atoms with Crippen molar-refractivity contribution in [3.8, 4) is 17.0 Å². The number of hydrogen-bond acceptors (Lipinski definition) is 6. The maximum atomic E-state index is 11.8. The lowest BCUT2D eigenvalue weighted by molar-refractivity contribution is 0.415. The van der Waals surface area contributed by atoms with Gasteiger partial charge in [-0.15, -0.1) is 11.3 Å². The molecule has 4 heterocycles. The van der Waals surface area contributed by atoms with Gasteiger partial charge in [-0.3, -0.25) is 4.40 Å². The number of fused-ring (bicyclic) bond motifs is 1. The predicted molar refractivity (Wildman–Crippen MR) is 145 cm³/mol. The molecule has 1 aromatic carbocycles. The fourth-order valence-electron chi connectivity index (χ4n) is 4.41. The summed E-state index contributed by atoms with van der Waals surface area (Å²) in [6.07, 6.45) is 7.81. The number of nitrogens with zero attached hydrogens (tertiary/aromatic N) is 5. The molecule has 1 aliphatic heterocycles. The summed E-state index contributed by atoms with van der Waals surface area (Å²) in [6, 6.07) is 12.2. The summed E-state index contributed by atoms with van der Waals surface area (Å²) in [4.78, 5) is 12.0. The molecule has 0 fully saturated rings. The first-order chi connectivity index (χ1) is 17.0. The number of aryl methyl sites for hydroxylation is 1. The quantitative estimate of drug-likeness (QED) is 0.345. The predicted octanol–water partition coefficient (Wildman–Crippen LogP) is 5.18. The minimum Gasteiger partial charge on any atom is -0.497 e. The van der Waals surface area contributed by atoms with Gasteiger partial charge in [0.2, 0.25) is 0 Å². The number of pyridine rings is 1. The van der Waals surface area contributed by atoms with Gasteiger partial charge in [-0.1, -0.05) is 13.0 Å². The second-order valence-corrected chi connectivity index (χ2v) is 10.7. The molecule has 1 unspecified atom stereocenters. The highest BCUT2D eigenvalue weighted by Crippen LogP contribution is 2.35. The Morgan fingerprint density at radius 2 is 1.91 bits per heavy atom. The number of thiazole rings is 1. The minimum atomic E-state index is -0.934. The molecule has 1 atom stereocenters. The number of rotatable bonds is 7. The lowest BCUT2D eigenvalue weighted by Crippen LogP contribution is -2.29. The van der Waals surface area contributed by atoms with Gasteiger partial charge in [0.15, 0.2) is 5.13 Å². The minimum absolute atomic E-state index is 0.709. The number of anilines is 2. The van der Waals surface area contributed by atoms with Crippen molar-refractivity contribution in [3.05, 3.63) is 65.3 Å². The van der Waals surface area contributed by atoms with Crippen molar-refractivity contribution in [2.24, 2.45) is 0 Å². The molecule has 7 nitrogen and oxygen atoms in total. The standard InChI is InChI=1S/C26H29N5O2S2/c1-5-22-25(29(2)26-28-23(17-34-26)19-6-9-21(33-3)10-7-19)31-16-20(8-11-24(31)27-22)18-12-14-30(15-13-18)35(4)32/h6-12,16-17H,5,13-15H2,1-4H3. The molecule has 0 N–H and O–H groups in total. The Kier molecular flexibility index (Phi) is 6.73. The maximum absolute atomic E-state index is 11.8. The normalized spacial score (nSPS) is 15.3. The molecule has 0 bridgehead atoms. The third-order valence-corrected chi connectivity index (χ3v) is 8.36. The number of hydrogen-bond donors (Lipinski definition) is 0. The molecule has 0 saturated carbocycles. The van der Waals surface area contributed by atoms with Crippen LogP contribution in [0.1, 0.15) is 24.6 Å². The van der Waals surface area contributed by atoms with Gasteiger partial charge in [-0.25, -0.2) is 18.5 Å². The van der Waals surface area contributed by atoms with E-state index in [0.29, 0.717) is 6.54 Å². The second-order valence-electron chi connectivity index (χ2n) is 8.48. The summed E-state index contributed by atoms with van der Waals surface area (Å²) >= 11 is 1.62. The van der Waals surface area contributed by atoms with Gasteiger partial charge >= 0.3 is 0 Å².